The molecule has 4 nitrogen and oxygen atoms in total. The summed E-state index contributed by atoms with van der Waals surface area (Å²) in [7, 11) is 2.17. The number of rotatable bonds is 7. The van der Waals surface area contributed by atoms with Gasteiger partial charge in [-0.3, -0.25) is 4.79 Å². The van der Waals surface area contributed by atoms with E-state index >= 15 is 0 Å². The van der Waals surface area contributed by atoms with Crippen molar-refractivity contribution in [2.75, 3.05) is 52.6 Å². The van der Waals surface area contributed by atoms with Gasteiger partial charge in [0.05, 0.1) is 0 Å². The van der Waals surface area contributed by atoms with Gasteiger partial charge in [0.25, 0.3) is 5.91 Å². The molecule has 0 saturated carbocycles. The van der Waals surface area contributed by atoms with Gasteiger partial charge in [0.2, 0.25) is 0 Å². The van der Waals surface area contributed by atoms with Crippen molar-refractivity contribution in [3.05, 3.63) is 35.4 Å². The largest absolute Gasteiger partial charge is 0.352 e. The maximum atomic E-state index is 12.1. The molecule has 0 aliphatic carbocycles. The predicted molar refractivity (Wildman–Crippen MR) is 94.5 cm³/mol. The van der Waals surface area contributed by atoms with Crippen LogP contribution < -0.4 is 5.32 Å². The number of likely N-dealkylation sites (N-methyl/N-ethyl adjacent to an activating group) is 1. The summed E-state index contributed by atoms with van der Waals surface area (Å²) in [5.74, 6) is 1.03. The van der Waals surface area contributed by atoms with Crippen LogP contribution in [0.15, 0.2) is 24.3 Å². The zero-order chi connectivity index (χ0) is 15.8. The van der Waals surface area contributed by atoms with Crippen LogP contribution in [0.25, 0.3) is 0 Å². The van der Waals surface area contributed by atoms with Crippen molar-refractivity contribution in [2.45, 2.75) is 12.2 Å². The van der Waals surface area contributed by atoms with Gasteiger partial charge in [-0.1, -0.05) is 12.1 Å². The third-order valence-corrected chi connectivity index (χ3v) is 4.68. The van der Waals surface area contributed by atoms with E-state index in [0.29, 0.717) is 0 Å². The smallest absolute Gasteiger partial charge is 0.251 e. The molecule has 22 heavy (non-hydrogen) atoms. The fourth-order valence-corrected chi connectivity index (χ4v) is 3.12. The van der Waals surface area contributed by atoms with Crippen molar-refractivity contribution in [1.29, 1.82) is 0 Å². The third kappa shape index (κ3) is 5.63. The molecule has 1 aliphatic rings. The van der Waals surface area contributed by atoms with Gasteiger partial charge in [0, 0.05) is 44.0 Å². The number of nitrogens with zero attached hydrogens (tertiary/aromatic N) is 2. The van der Waals surface area contributed by atoms with E-state index in [0.717, 1.165) is 57.0 Å². The normalized spacial score (nSPS) is 16.6. The second-order valence-corrected chi connectivity index (χ2v) is 6.75. The van der Waals surface area contributed by atoms with E-state index in [2.05, 4.69) is 28.4 Å². The van der Waals surface area contributed by atoms with E-state index in [1.165, 1.54) is 5.56 Å². The van der Waals surface area contributed by atoms with Gasteiger partial charge in [-0.15, -0.1) is 0 Å². The minimum Gasteiger partial charge on any atom is -0.352 e. The lowest BCUT2D eigenvalue weighted by molar-refractivity contribution is 0.0949. The number of carbonyl (C=O) groups is 1. The Morgan fingerprint density at radius 2 is 1.86 bits per heavy atom. The molecule has 5 heteroatoms. The number of hydrogen-bond donors (Lipinski definition) is 1. The van der Waals surface area contributed by atoms with Gasteiger partial charge in [0.15, 0.2) is 0 Å². The highest BCUT2D eigenvalue weighted by molar-refractivity contribution is 7.97. The molecule has 1 heterocycles. The molecule has 0 atom stereocenters. The van der Waals surface area contributed by atoms with Gasteiger partial charge < -0.3 is 15.1 Å². The van der Waals surface area contributed by atoms with Gasteiger partial charge in [-0.2, -0.15) is 11.8 Å². The zero-order valence-electron chi connectivity index (χ0n) is 13.7. The summed E-state index contributed by atoms with van der Waals surface area (Å²) in [6, 6.07) is 7.91. The molecule has 0 spiro atoms. The van der Waals surface area contributed by atoms with Crippen molar-refractivity contribution in [3.63, 3.8) is 0 Å². The molecule has 1 aromatic carbocycles. The number of nitrogens with one attached hydrogen (secondary N) is 1. The second kappa shape index (κ2) is 9.18. The molecule has 0 aromatic heterocycles. The lowest BCUT2D eigenvalue weighted by Crippen LogP contribution is -2.45. The number of amides is 1. The third-order valence-electron chi connectivity index (χ3n) is 4.06. The fourth-order valence-electron chi connectivity index (χ4n) is 2.60. The Hall–Kier alpha value is -1.04. The number of piperazine rings is 1. The molecule has 2 rings (SSSR count). The Kier molecular flexibility index (Phi) is 7.22. The van der Waals surface area contributed by atoms with E-state index in [1.54, 1.807) is 11.8 Å². The Balaban J connectivity index is 1.65. The minimum atomic E-state index is 0.0362. The summed E-state index contributed by atoms with van der Waals surface area (Å²) in [5, 5.41) is 3.02. The Labute approximate surface area is 138 Å². The Morgan fingerprint density at radius 3 is 2.50 bits per heavy atom. The molecule has 1 aliphatic heterocycles. The lowest BCUT2D eigenvalue weighted by Gasteiger charge is -2.32. The van der Waals surface area contributed by atoms with Crippen LogP contribution in [0.3, 0.4) is 0 Å². The predicted octanol–water partition coefficient (Wildman–Crippen LogP) is 1.92. The quantitative estimate of drug-likeness (QED) is 0.778. The number of hydrogen-bond acceptors (Lipinski definition) is 4. The topological polar surface area (TPSA) is 35.6 Å². The monoisotopic (exact) mass is 321 g/mol. The van der Waals surface area contributed by atoms with Crippen LogP contribution >= 0.6 is 11.8 Å². The first-order chi connectivity index (χ1) is 10.7. The van der Waals surface area contributed by atoms with Crippen LogP contribution in [0.4, 0.5) is 0 Å². The molecular weight excluding hydrogens is 294 g/mol. The van der Waals surface area contributed by atoms with Crippen molar-refractivity contribution in [3.8, 4) is 0 Å². The average Bonchev–Trinajstić information content (AvgIpc) is 2.54. The van der Waals surface area contributed by atoms with Crippen LogP contribution in [0.2, 0.25) is 0 Å². The first kappa shape index (κ1) is 17.3. The van der Waals surface area contributed by atoms with Crippen LogP contribution in [0, 0.1) is 0 Å². The molecular formula is C17H27N3OS. The first-order valence-electron chi connectivity index (χ1n) is 7.96. The van der Waals surface area contributed by atoms with Crippen molar-refractivity contribution < 1.29 is 4.79 Å². The molecule has 0 bridgehead atoms. The zero-order valence-corrected chi connectivity index (χ0v) is 14.5. The number of carbonyl (C=O) groups excluding carboxylic acids is 1. The van der Waals surface area contributed by atoms with Crippen LogP contribution in [0.1, 0.15) is 22.3 Å². The van der Waals surface area contributed by atoms with Gasteiger partial charge in [-0.25, -0.2) is 0 Å². The number of thioether (sulfide) groups is 1. The van der Waals surface area contributed by atoms with E-state index in [-0.39, 0.29) is 5.91 Å². The highest BCUT2D eigenvalue weighted by Crippen LogP contribution is 2.10. The van der Waals surface area contributed by atoms with Crippen LogP contribution in [-0.2, 0) is 5.75 Å². The second-order valence-electron chi connectivity index (χ2n) is 5.88. The SMILES string of the molecule is CSCc1ccc(C(=O)NCCCN2CCN(C)CC2)cc1. The van der Waals surface area contributed by atoms with E-state index in [9.17, 15) is 4.79 Å². The van der Waals surface area contributed by atoms with Crippen molar-refractivity contribution >= 4 is 17.7 Å². The number of benzene rings is 1. The summed E-state index contributed by atoms with van der Waals surface area (Å²) in [5.41, 5.74) is 2.02. The summed E-state index contributed by atoms with van der Waals surface area (Å²) in [6.45, 7) is 6.39. The average molecular weight is 321 g/mol. The van der Waals surface area contributed by atoms with E-state index in [4.69, 9.17) is 0 Å². The molecule has 0 radical (unpaired) electrons. The molecule has 1 aromatic rings. The van der Waals surface area contributed by atoms with Crippen molar-refractivity contribution in [2.24, 2.45) is 0 Å². The van der Waals surface area contributed by atoms with E-state index in [1.807, 2.05) is 24.3 Å². The van der Waals surface area contributed by atoms with Crippen molar-refractivity contribution in [1.82, 2.24) is 15.1 Å². The minimum absolute atomic E-state index is 0.0362. The van der Waals surface area contributed by atoms with Crippen LogP contribution in [0.5, 0.6) is 0 Å². The summed E-state index contributed by atoms with van der Waals surface area (Å²) < 4.78 is 0. The highest BCUT2D eigenvalue weighted by atomic mass is 32.2. The molecule has 122 valence electrons. The summed E-state index contributed by atoms with van der Waals surface area (Å²) in [6.07, 6.45) is 3.10. The maximum Gasteiger partial charge on any atom is 0.251 e. The summed E-state index contributed by atoms with van der Waals surface area (Å²) >= 11 is 1.79. The summed E-state index contributed by atoms with van der Waals surface area (Å²) in [4.78, 5) is 16.9. The molecule has 1 saturated heterocycles. The maximum absolute atomic E-state index is 12.1. The Bertz CT molecular complexity index is 455. The molecule has 1 amide bonds. The van der Waals surface area contributed by atoms with Gasteiger partial charge >= 0.3 is 0 Å². The molecule has 1 N–H and O–H groups in total. The molecule has 1 fully saturated rings. The van der Waals surface area contributed by atoms with E-state index < -0.39 is 0 Å². The van der Waals surface area contributed by atoms with Gasteiger partial charge in [0.1, 0.15) is 0 Å². The Morgan fingerprint density at radius 1 is 1.18 bits per heavy atom. The van der Waals surface area contributed by atoms with Gasteiger partial charge in [-0.05, 0) is 44.0 Å². The molecule has 0 unspecified atom stereocenters. The fraction of sp³-hybridized carbons (Fsp3) is 0.588. The lowest BCUT2D eigenvalue weighted by atomic mass is 10.1. The highest BCUT2D eigenvalue weighted by Gasteiger charge is 2.13. The standard InChI is InChI=1S/C17H27N3OS/c1-19-10-12-20(13-11-19)9-3-8-18-17(21)16-6-4-15(5-7-16)14-22-2/h4-7H,3,8-14H2,1-2H3,(H,18,21). The first-order valence-corrected chi connectivity index (χ1v) is 9.35. The van der Waals surface area contributed by atoms with Crippen LogP contribution in [-0.4, -0.2) is 68.3 Å².